The second-order valence-corrected chi connectivity index (χ2v) is 3.67. The van der Waals surface area contributed by atoms with Crippen molar-refractivity contribution in [3.8, 4) is 11.8 Å². The van der Waals surface area contributed by atoms with Crippen LogP contribution in [0.4, 0.5) is 0 Å². The quantitative estimate of drug-likeness (QED) is 0.568. The van der Waals surface area contributed by atoms with Crippen LogP contribution >= 0.6 is 0 Å². The van der Waals surface area contributed by atoms with Crippen LogP contribution in [0, 0.1) is 11.3 Å². The van der Waals surface area contributed by atoms with Crippen LogP contribution < -0.4 is 10.5 Å². The molecule has 0 bridgehead atoms. The van der Waals surface area contributed by atoms with E-state index >= 15 is 0 Å². The van der Waals surface area contributed by atoms with Gasteiger partial charge in [0.2, 0.25) is 0 Å². The summed E-state index contributed by atoms with van der Waals surface area (Å²) in [7, 11) is 1.61. The molecule has 0 aliphatic heterocycles. The monoisotopic (exact) mass is 262 g/mol. The molecular weight excluding hydrogens is 244 g/mol. The second kappa shape index (κ2) is 9.11. The highest BCUT2D eigenvalue weighted by atomic mass is 16.7. The number of nitrogens with two attached hydrogens (primary N) is 1. The number of hydrogen-bond acceptors (Lipinski definition) is 5. The van der Waals surface area contributed by atoms with Gasteiger partial charge in [0.05, 0.1) is 24.8 Å². The number of ether oxygens (including phenoxy) is 3. The van der Waals surface area contributed by atoms with Crippen molar-refractivity contribution in [3.63, 3.8) is 0 Å². The molecule has 0 aromatic heterocycles. The Balaban J connectivity index is 2.65. The van der Waals surface area contributed by atoms with Gasteiger partial charge in [-0.25, -0.2) is 0 Å². The van der Waals surface area contributed by atoms with E-state index in [1.807, 2.05) is 6.08 Å². The first kappa shape index (κ1) is 15.2. The zero-order chi connectivity index (χ0) is 13.9. The lowest BCUT2D eigenvalue weighted by Crippen LogP contribution is -2.08. The van der Waals surface area contributed by atoms with Gasteiger partial charge in [0.1, 0.15) is 5.75 Å². The molecule has 0 heterocycles. The first-order valence-corrected chi connectivity index (χ1v) is 5.92. The molecule has 0 amide bonds. The first-order valence-electron chi connectivity index (χ1n) is 5.92. The van der Waals surface area contributed by atoms with Gasteiger partial charge in [-0.05, 0) is 18.2 Å². The molecule has 1 aromatic rings. The smallest absolute Gasteiger partial charge is 0.189 e. The maximum atomic E-state index is 8.87. The lowest BCUT2D eigenvalue weighted by atomic mass is 10.1. The summed E-state index contributed by atoms with van der Waals surface area (Å²) in [6.07, 6.45) is 3.63. The number of nitriles is 1. The minimum atomic E-state index is 0.138. The van der Waals surface area contributed by atoms with Crippen molar-refractivity contribution in [1.82, 2.24) is 0 Å². The van der Waals surface area contributed by atoms with E-state index in [0.29, 0.717) is 31.1 Å². The third kappa shape index (κ3) is 5.53. The number of hydrogen-bond donors (Lipinski definition) is 1. The van der Waals surface area contributed by atoms with Crippen LogP contribution in [0.1, 0.15) is 11.1 Å². The molecule has 19 heavy (non-hydrogen) atoms. The summed E-state index contributed by atoms with van der Waals surface area (Å²) in [6, 6.07) is 7.28. The summed E-state index contributed by atoms with van der Waals surface area (Å²) < 4.78 is 15.6. The summed E-state index contributed by atoms with van der Waals surface area (Å²) in [6.45, 7) is 1.57. The molecule has 1 rings (SSSR count). The molecule has 0 aliphatic carbocycles. The summed E-state index contributed by atoms with van der Waals surface area (Å²) in [4.78, 5) is 0. The highest BCUT2D eigenvalue weighted by Crippen LogP contribution is 2.21. The van der Waals surface area contributed by atoms with Crippen molar-refractivity contribution in [2.45, 2.75) is 0 Å². The number of rotatable bonds is 8. The highest BCUT2D eigenvalue weighted by Gasteiger charge is 2.02. The molecule has 2 N–H and O–H groups in total. The van der Waals surface area contributed by atoms with Crippen LogP contribution in [0.25, 0.3) is 6.08 Å². The van der Waals surface area contributed by atoms with Crippen molar-refractivity contribution in [1.29, 1.82) is 5.26 Å². The van der Waals surface area contributed by atoms with E-state index < -0.39 is 0 Å². The Hall–Kier alpha value is -1.87. The van der Waals surface area contributed by atoms with E-state index in [1.165, 1.54) is 0 Å². The Morgan fingerprint density at radius 1 is 1.37 bits per heavy atom. The molecule has 0 fully saturated rings. The molecule has 0 aliphatic rings. The van der Waals surface area contributed by atoms with Gasteiger partial charge in [-0.1, -0.05) is 12.2 Å². The van der Waals surface area contributed by atoms with Crippen LogP contribution in [0.2, 0.25) is 0 Å². The third-order valence-corrected chi connectivity index (χ3v) is 2.30. The van der Waals surface area contributed by atoms with E-state index in [0.717, 1.165) is 5.56 Å². The third-order valence-electron chi connectivity index (χ3n) is 2.30. The molecule has 0 saturated heterocycles. The SMILES string of the molecule is COCCOCOc1ccc(C#N)cc1/C=C\CN. The lowest BCUT2D eigenvalue weighted by Gasteiger charge is -2.10. The van der Waals surface area contributed by atoms with Gasteiger partial charge >= 0.3 is 0 Å². The Morgan fingerprint density at radius 3 is 2.89 bits per heavy atom. The zero-order valence-electron chi connectivity index (χ0n) is 11.0. The fraction of sp³-hybridized carbons (Fsp3) is 0.357. The normalized spacial score (nSPS) is 10.6. The van der Waals surface area contributed by atoms with Crippen LogP contribution in [0.15, 0.2) is 24.3 Å². The van der Waals surface area contributed by atoms with Crippen LogP contribution in [0.5, 0.6) is 5.75 Å². The molecule has 1 aromatic carbocycles. The maximum absolute atomic E-state index is 8.87. The number of methoxy groups -OCH3 is 1. The van der Waals surface area contributed by atoms with Crippen molar-refractivity contribution < 1.29 is 14.2 Å². The summed E-state index contributed by atoms with van der Waals surface area (Å²) >= 11 is 0. The summed E-state index contributed by atoms with van der Waals surface area (Å²) in [5, 5.41) is 8.87. The Kier molecular flexibility index (Phi) is 7.28. The van der Waals surface area contributed by atoms with E-state index in [2.05, 4.69) is 6.07 Å². The second-order valence-electron chi connectivity index (χ2n) is 3.67. The maximum Gasteiger partial charge on any atom is 0.189 e. The summed E-state index contributed by atoms with van der Waals surface area (Å²) in [5.74, 6) is 0.654. The van der Waals surface area contributed by atoms with Gasteiger partial charge in [-0.3, -0.25) is 0 Å². The van der Waals surface area contributed by atoms with Gasteiger partial charge in [0, 0.05) is 19.2 Å². The fourth-order valence-corrected chi connectivity index (χ4v) is 1.38. The van der Waals surface area contributed by atoms with Crippen molar-refractivity contribution in [2.75, 3.05) is 33.7 Å². The summed E-state index contributed by atoms with van der Waals surface area (Å²) in [5.41, 5.74) is 6.80. The fourth-order valence-electron chi connectivity index (χ4n) is 1.38. The first-order chi connectivity index (χ1) is 9.31. The lowest BCUT2D eigenvalue weighted by molar-refractivity contribution is -0.00856. The largest absolute Gasteiger partial charge is 0.467 e. The van der Waals surface area contributed by atoms with Crippen molar-refractivity contribution >= 4 is 6.08 Å². The van der Waals surface area contributed by atoms with Crippen LogP contribution in [0.3, 0.4) is 0 Å². The molecule has 0 atom stereocenters. The number of benzene rings is 1. The average molecular weight is 262 g/mol. The van der Waals surface area contributed by atoms with Crippen LogP contribution in [-0.4, -0.2) is 33.7 Å². The molecular formula is C14H18N2O3. The predicted octanol–water partition coefficient (Wildman–Crippen LogP) is 1.53. The van der Waals surface area contributed by atoms with Gasteiger partial charge in [0.15, 0.2) is 6.79 Å². The van der Waals surface area contributed by atoms with E-state index in [1.54, 1.807) is 31.4 Å². The van der Waals surface area contributed by atoms with Crippen LogP contribution in [-0.2, 0) is 9.47 Å². The van der Waals surface area contributed by atoms with Gasteiger partial charge < -0.3 is 19.9 Å². The number of nitrogens with zero attached hydrogens (tertiary/aromatic N) is 1. The topological polar surface area (TPSA) is 77.5 Å². The van der Waals surface area contributed by atoms with Crippen molar-refractivity contribution in [2.24, 2.45) is 5.73 Å². The predicted molar refractivity (Wildman–Crippen MR) is 72.6 cm³/mol. The van der Waals surface area contributed by atoms with Gasteiger partial charge in [0.25, 0.3) is 0 Å². The Morgan fingerprint density at radius 2 is 2.21 bits per heavy atom. The molecule has 0 radical (unpaired) electrons. The van der Waals surface area contributed by atoms with Gasteiger partial charge in [-0.15, -0.1) is 0 Å². The Bertz CT molecular complexity index is 452. The molecule has 102 valence electrons. The molecule has 0 spiro atoms. The average Bonchev–Trinajstić information content (AvgIpc) is 2.45. The molecule has 0 saturated carbocycles. The van der Waals surface area contributed by atoms with Crippen molar-refractivity contribution in [3.05, 3.63) is 35.4 Å². The minimum Gasteiger partial charge on any atom is -0.467 e. The zero-order valence-corrected chi connectivity index (χ0v) is 11.0. The molecule has 5 nitrogen and oxygen atoms in total. The van der Waals surface area contributed by atoms with E-state index in [4.69, 9.17) is 25.2 Å². The van der Waals surface area contributed by atoms with Gasteiger partial charge in [-0.2, -0.15) is 5.26 Å². The molecule has 5 heteroatoms. The molecule has 0 unspecified atom stereocenters. The standard InChI is InChI=1S/C14H18N2O3/c1-17-7-8-18-11-19-14-5-4-12(10-16)9-13(14)3-2-6-15/h2-5,9H,6-8,11,15H2,1H3/b3-2-. The minimum absolute atomic E-state index is 0.138. The highest BCUT2D eigenvalue weighted by molar-refractivity contribution is 5.59. The Labute approximate surface area is 113 Å². The van der Waals surface area contributed by atoms with E-state index in [9.17, 15) is 0 Å². The van der Waals surface area contributed by atoms with E-state index in [-0.39, 0.29) is 6.79 Å².